The molecule has 0 aliphatic heterocycles. The van der Waals surface area contributed by atoms with Crippen molar-refractivity contribution >= 4 is 10.9 Å². The average molecular weight is 240 g/mol. The highest BCUT2D eigenvalue weighted by Crippen LogP contribution is 2.22. The fraction of sp³-hybridized carbons (Fsp3) is 0.312. The standard InChI is InChI=1S/C16H20N2/c1-3-4-5-9-14(17)16-11-12(2)13-8-6-7-10-15(13)18-16/h3,6-8,10-11,14H,1,4-5,9,17H2,2H3. The molecule has 1 atom stereocenters. The van der Waals surface area contributed by atoms with Gasteiger partial charge in [0, 0.05) is 11.4 Å². The SMILES string of the molecule is C=CCCCC(N)c1cc(C)c2ccccc2n1. The molecule has 0 saturated heterocycles. The molecule has 0 saturated carbocycles. The number of fused-ring (bicyclic) bond motifs is 1. The lowest BCUT2D eigenvalue weighted by molar-refractivity contribution is 0.604. The van der Waals surface area contributed by atoms with Crippen LogP contribution < -0.4 is 5.73 Å². The van der Waals surface area contributed by atoms with Crippen LogP contribution in [0.2, 0.25) is 0 Å². The van der Waals surface area contributed by atoms with E-state index in [1.54, 1.807) is 0 Å². The summed E-state index contributed by atoms with van der Waals surface area (Å²) in [6.45, 7) is 5.84. The highest BCUT2D eigenvalue weighted by molar-refractivity contribution is 5.82. The topological polar surface area (TPSA) is 38.9 Å². The first-order chi connectivity index (χ1) is 8.72. The Hall–Kier alpha value is -1.67. The molecule has 0 fully saturated rings. The van der Waals surface area contributed by atoms with E-state index >= 15 is 0 Å². The third kappa shape index (κ3) is 2.77. The van der Waals surface area contributed by atoms with Crippen molar-refractivity contribution in [1.82, 2.24) is 4.98 Å². The van der Waals surface area contributed by atoms with E-state index in [9.17, 15) is 0 Å². The Balaban J connectivity index is 2.25. The van der Waals surface area contributed by atoms with Crippen molar-refractivity contribution in [3.8, 4) is 0 Å². The van der Waals surface area contributed by atoms with Gasteiger partial charge in [-0.2, -0.15) is 0 Å². The Kier molecular flexibility index (Phi) is 4.11. The van der Waals surface area contributed by atoms with Gasteiger partial charge >= 0.3 is 0 Å². The Labute approximate surface area is 109 Å². The summed E-state index contributed by atoms with van der Waals surface area (Å²) in [5, 5.41) is 1.21. The van der Waals surface area contributed by atoms with Gasteiger partial charge in [-0.25, -0.2) is 0 Å². The normalized spacial score (nSPS) is 12.6. The average Bonchev–Trinajstić information content (AvgIpc) is 2.39. The van der Waals surface area contributed by atoms with Crippen LogP contribution in [0.4, 0.5) is 0 Å². The summed E-state index contributed by atoms with van der Waals surface area (Å²) < 4.78 is 0. The van der Waals surface area contributed by atoms with Gasteiger partial charge in [-0.3, -0.25) is 4.98 Å². The van der Waals surface area contributed by atoms with Gasteiger partial charge in [0.15, 0.2) is 0 Å². The molecule has 0 aliphatic carbocycles. The van der Waals surface area contributed by atoms with E-state index in [0.717, 1.165) is 30.5 Å². The van der Waals surface area contributed by atoms with E-state index in [1.165, 1.54) is 10.9 Å². The fourth-order valence-electron chi connectivity index (χ4n) is 2.20. The van der Waals surface area contributed by atoms with E-state index < -0.39 is 0 Å². The first kappa shape index (κ1) is 12.8. The molecule has 1 unspecified atom stereocenters. The molecule has 94 valence electrons. The van der Waals surface area contributed by atoms with Gasteiger partial charge in [-0.1, -0.05) is 24.3 Å². The Morgan fingerprint density at radius 1 is 1.39 bits per heavy atom. The molecule has 18 heavy (non-hydrogen) atoms. The van der Waals surface area contributed by atoms with E-state index in [2.05, 4.69) is 30.6 Å². The van der Waals surface area contributed by atoms with Crippen LogP contribution in [0.5, 0.6) is 0 Å². The Morgan fingerprint density at radius 3 is 2.94 bits per heavy atom. The van der Waals surface area contributed by atoms with Crippen LogP contribution in [0.1, 0.15) is 36.6 Å². The van der Waals surface area contributed by atoms with E-state index in [1.807, 2.05) is 24.3 Å². The largest absolute Gasteiger partial charge is 0.323 e. The molecule has 0 bridgehead atoms. The first-order valence-electron chi connectivity index (χ1n) is 6.45. The smallest absolute Gasteiger partial charge is 0.0708 e. The number of unbranched alkanes of at least 4 members (excludes halogenated alkanes) is 1. The van der Waals surface area contributed by atoms with Gasteiger partial charge in [-0.15, -0.1) is 6.58 Å². The van der Waals surface area contributed by atoms with E-state index in [0.29, 0.717) is 0 Å². The maximum absolute atomic E-state index is 6.20. The third-order valence-corrected chi connectivity index (χ3v) is 3.25. The van der Waals surface area contributed by atoms with Crippen molar-refractivity contribution < 1.29 is 0 Å². The number of allylic oxidation sites excluding steroid dienone is 1. The molecule has 0 aliphatic rings. The van der Waals surface area contributed by atoms with Crippen LogP contribution in [0.25, 0.3) is 10.9 Å². The zero-order valence-electron chi connectivity index (χ0n) is 10.9. The second kappa shape index (κ2) is 5.78. The zero-order chi connectivity index (χ0) is 13.0. The molecule has 0 amide bonds. The van der Waals surface area contributed by atoms with Gasteiger partial charge in [0.05, 0.1) is 11.2 Å². The van der Waals surface area contributed by atoms with Crippen LogP contribution in [-0.2, 0) is 0 Å². The monoisotopic (exact) mass is 240 g/mol. The van der Waals surface area contributed by atoms with Crippen LogP contribution in [0, 0.1) is 6.92 Å². The fourth-order valence-corrected chi connectivity index (χ4v) is 2.20. The summed E-state index contributed by atoms with van der Waals surface area (Å²) in [4.78, 5) is 4.66. The predicted octanol–water partition coefficient (Wildman–Crippen LogP) is 3.90. The Morgan fingerprint density at radius 2 is 2.17 bits per heavy atom. The minimum Gasteiger partial charge on any atom is -0.323 e. The lowest BCUT2D eigenvalue weighted by atomic mass is 10.0. The highest BCUT2D eigenvalue weighted by Gasteiger charge is 2.09. The summed E-state index contributed by atoms with van der Waals surface area (Å²) in [6.07, 6.45) is 4.97. The minimum absolute atomic E-state index is 0.0215. The maximum Gasteiger partial charge on any atom is 0.0708 e. The van der Waals surface area contributed by atoms with Crippen molar-refractivity contribution in [2.45, 2.75) is 32.2 Å². The molecule has 2 N–H and O–H groups in total. The molecule has 2 aromatic rings. The molecule has 1 heterocycles. The molecule has 2 nitrogen and oxygen atoms in total. The number of aromatic nitrogens is 1. The number of hydrogen-bond donors (Lipinski definition) is 1. The number of nitrogens with two attached hydrogens (primary N) is 1. The molecule has 2 heteroatoms. The van der Waals surface area contributed by atoms with Crippen LogP contribution in [0.3, 0.4) is 0 Å². The van der Waals surface area contributed by atoms with Gasteiger partial charge in [0.1, 0.15) is 0 Å². The summed E-state index contributed by atoms with van der Waals surface area (Å²) in [7, 11) is 0. The summed E-state index contributed by atoms with van der Waals surface area (Å²) in [5.41, 5.74) is 9.47. The highest BCUT2D eigenvalue weighted by atomic mass is 14.8. The number of benzene rings is 1. The molecule has 1 aromatic heterocycles. The van der Waals surface area contributed by atoms with Crippen molar-refractivity contribution in [3.63, 3.8) is 0 Å². The van der Waals surface area contributed by atoms with E-state index in [4.69, 9.17) is 5.73 Å². The summed E-state index contributed by atoms with van der Waals surface area (Å²) >= 11 is 0. The van der Waals surface area contributed by atoms with Crippen molar-refractivity contribution in [3.05, 3.63) is 54.2 Å². The van der Waals surface area contributed by atoms with Gasteiger partial charge in [0.25, 0.3) is 0 Å². The lowest BCUT2D eigenvalue weighted by Gasteiger charge is -2.13. The van der Waals surface area contributed by atoms with Crippen LogP contribution >= 0.6 is 0 Å². The maximum atomic E-state index is 6.20. The van der Waals surface area contributed by atoms with Crippen LogP contribution in [-0.4, -0.2) is 4.98 Å². The minimum atomic E-state index is 0.0215. The number of rotatable bonds is 5. The zero-order valence-corrected chi connectivity index (χ0v) is 10.9. The molecule has 1 aromatic carbocycles. The van der Waals surface area contributed by atoms with Crippen molar-refractivity contribution in [1.29, 1.82) is 0 Å². The van der Waals surface area contributed by atoms with Crippen LogP contribution in [0.15, 0.2) is 43.0 Å². The molecule has 0 spiro atoms. The number of pyridine rings is 1. The second-order valence-electron chi connectivity index (χ2n) is 4.71. The number of para-hydroxylation sites is 1. The van der Waals surface area contributed by atoms with E-state index in [-0.39, 0.29) is 6.04 Å². The molecule has 0 radical (unpaired) electrons. The lowest BCUT2D eigenvalue weighted by Crippen LogP contribution is -2.12. The number of nitrogens with zero attached hydrogens (tertiary/aromatic N) is 1. The van der Waals surface area contributed by atoms with Gasteiger partial charge in [0.2, 0.25) is 0 Å². The molecule has 2 rings (SSSR count). The number of aryl methyl sites for hydroxylation is 1. The Bertz CT molecular complexity index is 546. The molecular formula is C16H20N2. The molecular weight excluding hydrogens is 220 g/mol. The second-order valence-corrected chi connectivity index (χ2v) is 4.71. The van der Waals surface area contributed by atoms with Gasteiger partial charge < -0.3 is 5.73 Å². The quantitative estimate of drug-likeness (QED) is 0.636. The van der Waals surface area contributed by atoms with Crippen molar-refractivity contribution in [2.24, 2.45) is 5.73 Å². The third-order valence-electron chi connectivity index (χ3n) is 3.25. The first-order valence-corrected chi connectivity index (χ1v) is 6.45. The summed E-state index contributed by atoms with van der Waals surface area (Å²) in [6, 6.07) is 10.3. The number of hydrogen-bond acceptors (Lipinski definition) is 2. The van der Waals surface area contributed by atoms with Gasteiger partial charge in [-0.05, 0) is 43.9 Å². The van der Waals surface area contributed by atoms with Crippen molar-refractivity contribution in [2.75, 3.05) is 0 Å². The predicted molar refractivity (Wildman–Crippen MR) is 77.5 cm³/mol. The summed E-state index contributed by atoms with van der Waals surface area (Å²) in [5.74, 6) is 0.